The van der Waals surface area contributed by atoms with Crippen molar-refractivity contribution in [2.24, 2.45) is 4.99 Å². The summed E-state index contributed by atoms with van der Waals surface area (Å²) in [4.78, 5) is 10.3. The number of benzene rings is 4. The summed E-state index contributed by atoms with van der Waals surface area (Å²) in [5, 5.41) is 2.48. The molecule has 1 aliphatic carbocycles. The molecule has 4 nitrogen and oxygen atoms in total. The number of ether oxygens (including phenoxy) is 1. The van der Waals surface area contributed by atoms with E-state index in [1.54, 1.807) is 0 Å². The Balaban J connectivity index is 1.32. The summed E-state index contributed by atoms with van der Waals surface area (Å²) in [5.41, 5.74) is 14.9. The Bertz CT molecular complexity index is 2370. The maximum absolute atomic E-state index is 7.03. The third kappa shape index (κ3) is 4.78. The molecule has 49 heavy (non-hydrogen) atoms. The molecular formula is C45H47N3O. The van der Waals surface area contributed by atoms with Crippen molar-refractivity contribution in [2.75, 3.05) is 0 Å². The predicted octanol–water partition coefficient (Wildman–Crippen LogP) is 11.2. The fourth-order valence-electron chi connectivity index (χ4n) is 8.07. The third-order valence-electron chi connectivity index (χ3n) is 11.5. The van der Waals surface area contributed by atoms with Crippen molar-refractivity contribution in [2.45, 2.75) is 98.1 Å². The first-order valence-electron chi connectivity index (χ1n) is 17.7. The normalized spacial score (nSPS) is 20.2. The molecule has 8 rings (SSSR count). The molecule has 0 bridgehead atoms. The number of rotatable bonds is 4. The third-order valence-corrected chi connectivity index (χ3v) is 11.5. The minimum absolute atomic E-state index is 0.0411. The second-order valence-corrected chi connectivity index (χ2v) is 16.3. The van der Waals surface area contributed by atoms with E-state index in [0.29, 0.717) is 5.92 Å². The molecule has 0 saturated heterocycles. The monoisotopic (exact) mass is 645 g/mol. The van der Waals surface area contributed by atoms with E-state index < -0.39 is 5.60 Å². The molecule has 3 heterocycles. The van der Waals surface area contributed by atoms with Crippen LogP contribution in [0.25, 0.3) is 38.8 Å². The standard InChI is InChI=1S/C45H47N3O/c1-26(2)31-20-32(42-47-44(9)25-37-29(5)28(4)12-15-38(37)45(44,10)49-42)22-34(21-31)48-40-16-11-27(3)19-36(40)35-14-13-30(23-41(35)48)39-24-33(17-18-46-39)43(6,7)8/h11-24,26H,25H2,1-10H3/t44-,45+/m1/s1. The molecule has 2 aromatic heterocycles. The highest BCUT2D eigenvalue weighted by molar-refractivity contribution is 6.10. The van der Waals surface area contributed by atoms with E-state index in [9.17, 15) is 0 Å². The molecule has 1 aliphatic heterocycles. The fraction of sp³-hybridized carbons (Fsp3) is 0.333. The van der Waals surface area contributed by atoms with Gasteiger partial charge in [-0.3, -0.25) is 4.98 Å². The smallest absolute Gasteiger partial charge is 0.217 e. The van der Waals surface area contributed by atoms with Gasteiger partial charge in [-0.05, 0) is 122 Å². The molecule has 0 unspecified atom stereocenters. The highest BCUT2D eigenvalue weighted by Crippen LogP contribution is 2.54. The number of aryl methyl sites for hydroxylation is 2. The first-order valence-corrected chi connectivity index (χ1v) is 17.7. The molecule has 4 heteroatoms. The Morgan fingerprint density at radius 2 is 1.59 bits per heavy atom. The van der Waals surface area contributed by atoms with Crippen molar-refractivity contribution in [1.82, 2.24) is 9.55 Å². The molecule has 248 valence electrons. The van der Waals surface area contributed by atoms with Crippen molar-refractivity contribution in [1.29, 1.82) is 0 Å². The van der Waals surface area contributed by atoms with Crippen LogP contribution in [0.15, 0.2) is 90.1 Å². The second-order valence-electron chi connectivity index (χ2n) is 16.3. The lowest BCUT2D eigenvalue weighted by Crippen LogP contribution is -2.40. The summed E-state index contributed by atoms with van der Waals surface area (Å²) in [5.74, 6) is 1.06. The van der Waals surface area contributed by atoms with Gasteiger partial charge in [0, 0.05) is 45.8 Å². The topological polar surface area (TPSA) is 39.4 Å². The fourth-order valence-corrected chi connectivity index (χ4v) is 8.07. The molecule has 2 aliphatic rings. The van der Waals surface area contributed by atoms with Crippen molar-refractivity contribution < 1.29 is 4.74 Å². The van der Waals surface area contributed by atoms with Crippen molar-refractivity contribution >= 4 is 27.7 Å². The van der Waals surface area contributed by atoms with Gasteiger partial charge in [-0.25, -0.2) is 4.99 Å². The zero-order valence-electron chi connectivity index (χ0n) is 30.6. The molecule has 0 N–H and O–H groups in total. The lowest BCUT2D eigenvalue weighted by Gasteiger charge is -2.31. The predicted molar refractivity (Wildman–Crippen MR) is 205 cm³/mol. The van der Waals surface area contributed by atoms with Gasteiger partial charge in [0.05, 0.1) is 16.7 Å². The van der Waals surface area contributed by atoms with Gasteiger partial charge in [0.1, 0.15) is 5.54 Å². The first kappa shape index (κ1) is 31.6. The van der Waals surface area contributed by atoms with E-state index in [0.717, 1.165) is 40.3 Å². The average Bonchev–Trinajstić information content (AvgIpc) is 3.60. The first-order chi connectivity index (χ1) is 23.2. The van der Waals surface area contributed by atoms with E-state index >= 15 is 0 Å². The summed E-state index contributed by atoms with van der Waals surface area (Å²) in [7, 11) is 0. The van der Waals surface area contributed by atoms with Crippen molar-refractivity contribution in [3.05, 3.63) is 130 Å². The summed E-state index contributed by atoms with van der Waals surface area (Å²) in [6.45, 7) is 22.4. The number of nitrogens with zero attached hydrogens (tertiary/aromatic N) is 3. The number of fused-ring (bicyclic) bond motifs is 6. The summed E-state index contributed by atoms with van der Waals surface area (Å²) in [6.07, 6.45) is 2.82. The number of pyridine rings is 1. The van der Waals surface area contributed by atoms with Crippen LogP contribution in [-0.4, -0.2) is 21.0 Å². The Labute approximate surface area is 290 Å². The molecule has 0 amide bonds. The van der Waals surface area contributed by atoms with Crippen molar-refractivity contribution in [3.63, 3.8) is 0 Å². The van der Waals surface area contributed by atoms with Crippen molar-refractivity contribution in [3.8, 4) is 16.9 Å². The largest absolute Gasteiger partial charge is 0.464 e. The van der Waals surface area contributed by atoms with Crippen LogP contribution < -0.4 is 0 Å². The SMILES string of the molecule is Cc1ccc2c(c1)c1ccc(-c3cc(C(C)(C)C)ccn3)cc1n2-c1cc(C2=N[C@]3(C)Cc4c(ccc(C)c4C)[C@]3(C)O2)cc(C(C)C)c1. The molecule has 0 saturated carbocycles. The number of aromatic nitrogens is 2. The van der Waals surface area contributed by atoms with E-state index in [1.807, 2.05) is 6.20 Å². The zero-order chi connectivity index (χ0) is 34.6. The number of hydrogen-bond acceptors (Lipinski definition) is 3. The van der Waals surface area contributed by atoms with Crippen LogP contribution in [0.4, 0.5) is 0 Å². The second kappa shape index (κ2) is 10.6. The van der Waals surface area contributed by atoms with Gasteiger partial charge < -0.3 is 9.30 Å². The van der Waals surface area contributed by atoms with Gasteiger partial charge in [-0.15, -0.1) is 0 Å². The van der Waals surface area contributed by atoms with Gasteiger partial charge in [0.25, 0.3) is 0 Å². The van der Waals surface area contributed by atoms with Crippen LogP contribution in [0.3, 0.4) is 0 Å². The highest BCUT2D eigenvalue weighted by atomic mass is 16.5. The number of hydrogen-bond donors (Lipinski definition) is 0. The van der Waals surface area contributed by atoms with E-state index in [1.165, 1.54) is 55.2 Å². The van der Waals surface area contributed by atoms with Crippen LogP contribution in [0.2, 0.25) is 0 Å². The molecule has 6 aromatic rings. The number of aliphatic imine (C=N–C) groups is 1. The lowest BCUT2D eigenvalue weighted by atomic mass is 9.84. The summed E-state index contributed by atoms with van der Waals surface area (Å²) in [6, 6.07) is 29.4. The van der Waals surface area contributed by atoms with Crippen LogP contribution in [0, 0.1) is 20.8 Å². The Hall–Kier alpha value is -4.70. The van der Waals surface area contributed by atoms with Crippen LogP contribution in [0.1, 0.15) is 98.9 Å². The Morgan fingerprint density at radius 3 is 2.35 bits per heavy atom. The van der Waals surface area contributed by atoms with E-state index in [2.05, 4.69) is 153 Å². The van der Waals surface area contributed by atoms with Gasteiger partial charge in [-0.1, -0.05) is 70.5 Å². The lowest BCUT2D eigenvalue weighted by molar-refractivity contribution is 0.0450. The summed E-state index contributed by atoms with van der Waals surface area (Å²) >= 11 is 0. The maximum Gasteiger partial charge on any atom is 0.217 e. The zero-order valence-corrected chi connectivity index (χ0v) is 30.6. The highest BCUT2D eigenvalue weighted by Gasteiger charge is 2.59. The molecule has 2 atom stereocenters. The molecule has 0 spiro atoms. The minimum atomic E-state index is -0.516. The van der Waals surface area contributed by atoms with Gasteiger partial charge in [0.2, 0.25) is 5.90 Å². The molecule has 4 aromatic carbocycles. The Kier molecular flexibility index (Phi) is 6.86. The maximum atomic E-state index is 7.03. The molecular weight excluding hydrogens is 599 g/mol. The van der Waals surface area contributed by atoms with Crippen LogP contribution >= 0.6 is 0 Å². The van der Waals surface area contributed by atoms with Crippen LogP contribution in [-0.2, 0) is 22.2 Å². The summed E-state index contributed by atoms with van der Waals surface area (Å²) < 4.78 is 9.46. The molecule has 0 radical (unpaired) electrons. The van der Waals surface area contributed by atoms with Gasteiger partial charge in [-0.2, -0.15) is 0 Å². The van der Waals surface area contributed by atoms with E-state index in [4.69, 9.17) is 14.7 Å². The molecule has 0 fully saturated rings. The van der Waals surface area contributed by atoms with Crippen LogP contribution in [0.5, 0.6) is 0 Å². The Morgan fingerprint density at radius 1 is 0.796 bits per heavy atom. The van der Waals surface area contributed by atoms with Gasteiger partial charge >= 0.3 is 0 Å². The quantitative estimate of drug-likeness (QED) is 0.191. The average molecular weight is 646 g/mol. The van der Waals surface area contributed by atoms with E-state index in [-0.39, 0.29) is 11.0 Å². The minimum Gasteiger partial charge on any atom is -0.464 e. The van der Waals surface area contributed by atoms with Gasteiger partial charge in [0.15, 0.2) is 5.60 Å².